The second-order valence-electron chi connectivity index (χ2n) is 7.93. The molecular formula is C21H29FN3O3S+. The molecule has 0 unspecified atom stereocenters. The molecule has 1 aromatic carbocycles. The van der Waals surface area contributed by atoms with Gasteiger partial charge in [0.1, 0.15) is 17.3 Å². The van der Waals surface area contributed by atoms with Crippen molar-refractivity contribution in [1.29, 1.82) is 0 Å². The van der Waals surface area contributed by atoms with E-state index in [0.717, 1.165) is 27.9 Å². The summed E-state index contributed by atoms with van der Waals surface area (Å²) in [5, 5.41) is 0. The number of aromatic nitrogens is 1. The molecule has 0 radical (unpaired) electrons. The van der Waals surface area contributed by atoms with Crippen LogP contribution in [0.3, 0.4) is 0 Å². The van der Waals surface area contributed by atoms with Crippen molar-refractivity contribution in [3.8, 4) is 0 Å². The maximum Gasteiger partial charge on any atom is 0.246 e. The van der Waals surface area contributed by atoms with E-state index in [9.17, 15) is 17.6 Å². The molecule has 8 heteroatoms. The summed E-state index contributed by atoms with van der Waals surface area (Å²) in [7, 11) is -3.86. The zero-order valence-corrected chi connectivity index (χ0v) is 18.2. The molecule has 0 spiro atoms. The number of nitrogens with zero attached hydrogens (tertiary/aromatic N) is 2. The number of aryl methyl sites for hydroxylation is 1. The smallest absolute Gasteiger partial charge is 0.246 e. The summed E-state index contributed by atoms with van der Waals surface area (Å²) in [6, 6.07) is 7.66. The van der Waals surface area contributed by atoms with Gasteiger partial charge in [0.05, 0.1) is 26.2 Å². The normalized spacial score (nSPS) is 16.5. The summed E-state index contributed by atoms with van der Waals surface area (Å²) in [4.78, 5) is 13.6. The summed E-state index contributed by atoms with van der Waals surface area (Å²) >= 11 is 0. The minimum Gasteiger partial charge on any atom is -0.346 e. The summed E-state index contributed by atoms with van der Waals surface area (Å²) < 4.78 is 42.8. The molecule has 2 aromatic rings. The van der Waals surface area contributed by atoms with E-state index in [1.54, 1.807) is 0 Å². The Morgan fingerprint density at radius 3 is 2.34 bits per heavy atom. The van der Waals surface area contributed by atoms with Crippen molar-refractivity contribution < 1.29 is 22.5 Å². The van der Waals surface area contributed by atoms with Gasteiger partial charge in [0.25, 0.3) is 0 Å². The predicted molar refractivity (Wildman–Crippen MR) is 109 cm³/mol. The Bertz CT molecular complexity index is 1010. The van der Waals surface area contributed by atoms with E-state index >= 15 is 0 Å². The van der Waals surface area contributed by atoms with Crippen molar-refractivity contribution in [2.75, 3.05) is 32.7 Å². The molecule has 1 aromatic heterocycles. The van der Waals surface area contributed by atoms with Crippen LogP contribution in [-0.2, 0) is 10.0 Å². The predicted octanol–water partition coefficient (Wildman–Crippen LogP) is 1.60. The molecule has 1 fully saturated rings. The molecule has 1 N–H and O–H groups in total. The van der Waals surface area contributed by atoms with Crippen LogP contribution in [0.15, 0.2) is 35.2 Å². The number of carbonyl (C=O) groups is 1. The number of rotatable bonds is 6. The lowest BCUT2D eigenvalue weighted by atomic mass is 10.1. The quantitative estimate of drug-likeness (QED) is 0.720. The first-order valence-corrected chi connectivity index (χ1v) is 11.4. The number of Topliss-reactive ketones (excluding diaryl/α,β-unsaturated/α-hetero) is 1. The first kappa shape index (κ1) is 21.7. The standard InChI is InChI=1S/C21H28FN3O3S/c1-15(2)25-16(3)13-18(17(25)4)20(26)14-23-9-11-24(12-10-23)29(27,28)21-8-6-5-7-19(21)22/h5-8,13,15H,9-12,14H2,1-4H3/p+1. The molecule has 0 amide bonds. The molecule has 29 heavy (non-hydrogen) atoms. The lowest BCUT2D eigenvalue weighted by Crippen LogP contribution is -3.15. The Morgan fingerprint density at radius 2 is 1.79 bits per heavy atom. The second kappa shape index (κ2) is 8.38. The summed E-state index contributed by atoms with van der Waals surface area (Å²) in [5.74, 6) is -0.664. The third-order valence-corrected chi connectivity index (χ3v) is 7.53. The van der Waals surface area contributed by atoms with Gasteiger partial charge < -0.3 is 9.47 Å². The van der Waals surface area contributed by atoms with Gasteiger partial charge in [-0.15, -0.1) is 0 Å². The molecule has 0 saturated carbocycles. The van der Waals surface area contributed by atoms with Crippen LogP contribution in [0.2, 0.25) is 0 Å². The van der Waals surface area contributed by atoms with Gasteiger partial charge in [0.2, 0.25) is 15.8 Å². The van der Waals surface area contributed by atoms with Crippen molar-refractivity contribution in [2.24, 2.45) is 0 Å². The van der Waals surface area contributed by atoms with Crippen molar-refractivity contribution in [2.45, 2.75) is 38.6 Å². The Morgan fingerprint density at radius 1 is 1.17 bits per heavy atom. The molecule has 158 valence electrons. The van der Waals surface area contributed by atoms with E-state index < -0.39 is 15.8 Å². The Kier molecular flexibility index (Phi) is 6.26. The monoisotopic (exact) mass is 422 g/mol. The largest absolute Gasteiger partial charge is 0.346 e. The first-order chi connectivity index (χ1) is 13.6. The highest BCUT2D eigenvalue weighted by molar-refractivity contribution is 7.89. The van der Waals surface area contributed by atoms with Crippen LogP contribution in [-0.4, -0.2) is 55.8 Å². The average molecular weight is 423 g/mol. The molecule has 6 nitrogen and oxygen atoms in total. The number of sulfonamides is 1. The lowest BCUT2D eigenvalue weighted by Gasteiger charge is -2.31. The van der Waals surface area contributed by atoms with Crippen LogP contribution in [0.5, 0.6) is 0 Å². The van der Waals surface area contributed by atoms with Gasteiger partial charge in [0, 0.05) is 23.0 Å². The van der Waals surface area contributed by atoms with Crippen LogP contribution in [0.1, 0.15) is 41.6 Å². The van der Waals surface area contributed by atoms with E-state index in [-0.39, 0.29) is 29.8 Å². The number of ketones is 1. The number of quaternary nitrogens is 1. The van der Waals surface area contributed by atoms with Crippen molar-refractivity contribution in [1.82, 2.24) is 8.87 Å². The molecule has 1 aliphatic rings. The number of carbonyl (C=O) groups excluding carboxylic acids is 1. The first-order valence-electron chi connectivity index (χ1n) is 9.92. The number of hydrogen-bond acceptors (Lipinski definition) is 3. The minimum absolute atomic E-state index is 0.0745. The highest BCUT2D eigenvalue weighted by Gasteiger charge is 2.33. The number of benzene rings is 1. The fourth-order valence-corrected chi connectivity index (χ4v) is 5.70. The van der Waals surface area contributed by atoms with E-state index in [1.165, 1.54) is 22.5 Å². The third kappa shape index (κ3) is 4.29. The summed E-state index contributed by atoms with van der Waals surface area (Å²) in [5.41, 5.74) is 2.78. The number of nitrogens with one attached hydrogen (secondary N) is 1. The fraction of sp³-hybridized carbons (Fsp3) is 0.476. The van der Waals surface area contributed by atoms with E-state index in [1.807, 2.05) is 19.9 Å². The van der Waals surface area contributed by atoms with Gasteiger partial charge >= 0.3 is 0 Å². The topological polar surface area (TPSA) is 63.8 Å². The van der Waals surface area contributed by atoms with Crippen LogP contribution >= 0.6 is 0 Å². The molecule has 1 saturated heterocycles. The SMILES string of the molecule is Cc1cc(C(=O)C[NH+]2CCN(S(=O)(=O)c3ccccc3F)CC2)c(C)n1C(C)C. The minimum atomic E-state index is -3.86. The third-order valence-electron chi connectivity index (χ3n) is 5.60. The maximum atomic E-state index is 13.9. The Balaban J connectivity index is 1.65. The molecule has 0 aliphatic carbocycles. The van der Waals surface area contributed by atoms with Crippen molar-refractivity contribution in [3.63, 3.8) is 0 Å². The van der Waals surface area contributed by atoms with Gasteiger partial charge in [-0.3, -0.25) is 4.79 Å². The van der Waals surface area contributed by atoms with E-state index in [0.29, 0.717) is 19.6 Å². The highest BCUT2D eigenvalue weighted by Crippen LogP contribution is 2.21. The van der Waals surface area contributed by atoms with E-state index in [4.69, 9.17) is 0 Å². The molecule has 0 bridgehead atoms. The fourth-order valence-electron chi connectivity index (χ4n) is 4.19. The maximum absolute atomic E-state index is 13.9. The van der Waals surface area contributed by atoms with Gasteiger partial charge in [-0.1, -0.05) is 12.1 Å². The molecular weight excluding hydrogens is 393 g/mol. The van der Waals surface area contributed by atoms with Crippen LogP contribution in [0, 0.1) is 19.7 Å². The van der Waals surface area contributed by atoms with Crippen LogP contribution in [0.25, 0.3) is 0 Å². The zero-order chi connectivity index (χ0) is 21.3. The van der Waals surface area contributed by atoms with Crippen LogP contribution in [0.4, 0.5) is 4.39 Å². The molecule has 2 heterocycles. The number of piperazine rings is 1. The lowest BCUT2D eigenvalue weighted by molar-refractivity contribution is -0.895. The van der Waals surface area contributed by atoms with Gasteiger partial charge in [0.15, 0.2) is 0 Å². The zero-order valence-electron chi connectivity index (χ0n) is 17.4. The van der Waals surface area contributed by atoms with E-state index in [2.05, 4.69) is 18.4 Å². The Hall–Kier alpha value is -2.03. The summed E-state index contributed by atoms with van der Waals surface area (Å²) in [6.07, 6.45) is 0. The second-order valence-corrected chi connectivity index (χ2v) is 9.84. The highest BCUT2D eigenvalue weighted by atomic mass is 32.2. The van der Waals surface area contributed by atoms with Crippen molar-refractivity contribution >= 4 is 15.8 Å². The molecule has 1 aliphatic heterocycles. The molecule has 3 rings (SSSR count). The number of halogens is 1. The van der Waals surface area contributed by atoms with Gasteiger partial charge in [-0.2, -0.15) is 4.31 Å². The van der Waals surface area contributed by atoms with Crippen LogP contribution < -0.4 is 4.90 Å². The molecule has 0 atom stereocenters. The van der Waals surface area contributed by atoms with Gasteiger partial charge in [-0.05, 0) is 45.9 Å². The summed E-state index contributed by atoms with van der Waals surface area (Å²) in [6.45, 7) is 10.1. The average Bonchev–Trinajstić information content (AvgIpc) is 2.97. The van der Waals surface area contributed by atoms with Gasteiger partial charge in [-0.25, -0.2) is 12.8 Å². The van der Waals surface area contributed by atoms with Crippen molar-refractivity contribution in [3.05, 3.63) is 53.1 Å². The Labute approximate surface area is 172 Å². The number of hydrogen-bond donors (Lipinski definition) is 1.